The molecule has 0 spiro atoms. The maximum atomic E-state index is 6.30. The van der Waals surface area contributed by atoms with Gasteiger partial charge in [-0.2, -0.15) is 0 Å². The van der Waals surface area contributed by atoms with Crippen molar-refractivity contribution < 1.29 is 0 Å². The average molecular weight is 294 g/mol. The quantitative estimate of drug-likeness (QED) is 0.837. The molecule has 0 aromatic heterocycles. The smallest absolute Gasteiger partial charge is 0.0601 e. The van der Waals surface area contributed by atoms with Gasteiger partial charge in [0.05, 0.1) is 6.04 Å². The summed E-state index contributed by atoms with van der Waals surface area (Å²) in [5.41, 5.74) is 9.13. The zero-order chi connectivity index (χ0) is 15.4. The van der Waals surface area contributed by atoms with Crippen LogP contribution in [0.5, 0.6) is 0 Å². The molecule has 0 aliphatic heterocycles. The van der Waals surface area contributed by atoms with Crippen molar-refractivity contribution in [2.45, 2.75) is 37.8 Å². The molecule has 0 bridgehead atoms. The molecule has 2 nitrogen and oxygen atoms in total. The monoisotopic (exact) mass is 294 g/mol. The fourth-order valence-electron chi connectivity index (χ4n) is 3.13. The van der Waals surface area contributed by atoms with Gasteiger partial charge in [0.15, 0.2) is 0 Å². The first kappa shape index (κ1) is 15.3. The minimum Gasteiger partial charge on any atom is -0.325 e. The molecule has 22 heavy (non-hydrogen) atoms. The fourth-order valence-corrected chi connectivity index (χ4v) is 3.13. The van der Waals surface area contributed by atoms with Gasteiger partial charge in [0.25, 0.3) is 0 Å². The molecule has 2 aromatic rings. The molecule has 0 atom stereocenters. The lowest BCUT2D eigenvalue weighted by molar-refractivity contribution is 0.226. The Labute approximate surface area is 134 Å². The highest BCUT2D eigenvalue weighted by molar-refractivity contribution is 5.31. The first-order valence-electron chi connectivity index (χ1n) is 8.35. The zero-order valence-electron chi connectivity index (χ0n) is 13.4. The molecule has 0 amide bonds. The van der Waals surface area contributed by atoms with Crippen LogP contribution in [0.1, 0.15) is 43.4 Å². The van der Waals surface area contributed by atoms with Crippen LogP contribution in [0.15, 0.2) is 60.7 Å². The van der Waals surface area contributed by atoms with Gasteiger partial charge in [-0.1, -0.05) is 67.6 Å². The SMILES string of the molecule is CCN(CCC1(N)CC1)C(c1ccccc1)c1ccccc1. The molecule has 0 unspecified atom stereocenters. The molecule has 1 fully saturated rings. The Hall–Kier alpha value is -1.64. The summed E-state index contributed by atoms with van der Waals surface area (Å²) in [4.78, 5) is 2.55. The molecule has 1 saturated carbocycles. The predicted molar refractivity (Wildman–Crippen MR) is 92.7 cm³/mol. The van der Waals surface area contributed by atoms with Gasteiger partial charge >= 0.3 is 0 Å². The van der Waals surface area contributed by atoms with Crippen LogP contribution < -0.4 is 5.73 Å². The largest absolute Gasteiger partial charge is 0.325 e. The Balaban J connectivity index is 1.86. The van der Waals surface area contributed by atoms with Crippen molar-refractivity contribution in [3.8, 4) is 0 Å². The standard InChI is InChI=1S/C20H26N2/c1-2-22(16-15-20(21)13-14-20)19(17-9-5-3-6-10-17)18-11-7-4-8-12-18/h3-12,19H,2,13-16,21H2,1H3. The summed E-state index contributed by atoms with van der Waals surface area (Å²) in [6.07, 6.45) is 3.47. The van der Waals surface area contributed by atoms with E-state index < -0.39 is 0 Å². The van der Waals surface area contributed by atoms with Crippen molar-refractivity contribution in [1.29, 1.82) is 0 Å². The molecular formula is C20H26N2. The Kier molecular flexibility index (Phi) is 4.60. The second-order valence-electron chi connectivity index (χ2n) is 6.46. The van der Waals surface area contributed by atoms with Crippen molar-refractivity contribution in [2.75, 3.05) is 13.1 Å². The van der Waals surface area contributed by atoms with Crippen molar-refractivity contribution in [3.63, 3.8) is 0 Å². The molecule has 1 aliphatic carbocycles. The van der Waals surface area contributed by atoms with E-state index in [1.54, 1.807) is 0 Å². The van der Waals surface area contributed by atoms with Crippen LogP contribution >= 0.6 is 0 Å². The first-order valence-corrected chi connectivity index (χ1v) is 8.35. The minimum absolute atomic E-state index is 0.116. The lowest BCUT2D eigenvalue weighted by Crippen LogP contribution is -2.35. The summed E-state index contributed by atoms with van der Waals surface area (Å²) in [6.45, 7) is 4.33. The maximum Gasteiger partial charge on any atom is 0.0601 e. The lowest BCUT2D eigenvalue weighted by atomic mass is 9.96. The number of hydrogen-bond donors (Lipinski definition) is 1. The van der Waals surface area contributed by atoms with E-state index in [0.717, 1.165) is 19.5 Å². The Morgan fingerprint density at radius 3 is 1.86 bits per heavy atom. The van der Waals surface area contributed by atoms with Gasteiger partial charge < -0.3 is 5.73 Å². The summed E-state index contributed by atoms with van der Waals surface area (Å²) in [5.74, 6) is 0. The highest BCUT2D eigenvalue weighted by Crippen LogP contribution is 2.37. The number of nitrogens with zero attached hydrogens (tertiary/aromatic N) is 1. The Morgan fingerprint density at radius 2 is 1.45 bits per heavy atom. The number of nitrogens with two attached hydrogens (primary N) is 1. The van der Waals surface area contributed by atoms with Gasteiger partial charge in [0.1, 0.15) is 0 Å². The van der Waals surface area contributed by atoms with Crippen LogP contribution in [-0.4, -0.2) is 23.5 Å². The van der Waals surface area contributed by atoms with E-state index in [-0.39, 0.29) is 5.54 Å². The van der Waals surface area contributed by atoms with Crippen LogP contribution in [0.25, 0.3) is 0 Å². The topological polar surface area (TPSA) is 29.3 Å². The van der Waals surface area contributed by atoms with Crippen LogP contribution in [-0.2, 0) is 0 Å². The molecule has 0 saturated heterocycles. The van der Waals surface area contributed by atoms with Crippen molar-refractivity contribution in [3.05, 3.63) is 71.8 Å². The summed E-state index contributed by atoms with van der Waals surface area (Å²) in [7, 11) is 0. The number of hydrogen-bond acceptors (Lipinski definition) is 2. The Morgan fingerprint density at radius 1 is 0.955 bits per heavy atom. The number of rotatable bonds is 7. The van der Waals surface area contributed by atoms with Gasteiger partial charge in [0, 0.05) is 12.1 Å². The van der Waals surface area contributed by atoms with Crippen molar-refractivity contribution >= 4 is 0 Å². The van der Waals surface area contributed by atoms with Crippen molar-refractivity contribution in [1.82, 2.24) is 4.90 Å². The molecule has 0 heterocycles. The third-order valence-corrected chi connectivity index (χ3v) is 4.79. The fraction of sp³-hybridized carbons (Fsp3) is 0.400. The predicted octanol–water partition coefficient (Wildman–Crippen LogP) is 3.98. The van der Waals surface area contributed by atoms with Crippen LogP contribution in [0, 0.1) is 0 Å². The summed E-state index contributed by atoms with van der Waals surface area (Å²) >= 11 is 0. The van der Waals surface area contributed by atoms with E-state index in [9.17, 15) is 0 Å². The van der Waals surface area contributed by atoms with E-state index in [0.29, 0.717) is 6.04 Å². The van der Waals surface area contributed by atoms with E-state index in [1.807, 2.05) is 0 Å². The van der Waals surface area contributed by atoms with Crippen molar-refractivity contribution in [2.24, 2.45) is 5.73 Å². The first-order chi connectivity index (χ1) is 10.7. The third kappa shape index (κ3) is 3.57. The van der Waals surface area contributed by atoms with Crippen LogP contribution in [0.4, 0.5) is 0 Å². The molecule has 3 rings (SSSR count). The normalized spacial score (nSPS) is 16.2. The molecule has 2 aromatic carbocycles. The minimum atomic E-state index is 0.116. The summed E-state index contributed by atoms with van der Waals surface area (Å²) in [5, 5.41) is 0. The van der Waals surface area contributed by atoms with E-state index in [1.165, 1.54) is 24.0 Å². The molecule has 0 radical (unpaired) electrons. The average Bonchev–Trinajstić information content (AvgIpc) is 3.31. The van der Waals surface area contributed by atoms with Gasteiger partial charge in [0.2, 0.25) is 0 Å². The highest BCUT2D eigenvalue weighted by atomic mass is 15.2. The van der Waals surface area contributed by atoms with Crippen LogP contribution in [0.2, 0.25) is 0 Å². The second kappa shape index (κ2) is 6.64. The third-order valence-electron chi connectivity index (χ3n) is 4.79. The molecule has 1 aliphatic rings. The summed E-state index contributed by atoms with van der Waals surface area (Å²) < 4.78 is 0. The maximum absolute atomic E-state index is 6.30. The summed E-state index contributed by atoms with van der Waals surface area (Å²) in [6, 6.07) is 21.9. The van der Waals surface area contributed by atoms with Crippen LogP contribution in [0.3, 0.4) is 0 Å². The highest BCUT2D eigenvalue weighted by Gasteiger charge is 2.38. The molecular weight excluding hydrogens is 268 g/mol. The van der Waals surface area contributed by atoms with Gasteiger partial charge in [-0.05, 0) is 36.9 Å². The lowest BCUT2D eigenvalue weighted by Gasteiger charge is -2.32. The zero-order valence-corrected chi connectivity index (χ0v) is 13.4. The Bertz CT molecular complexity index is 536. The number of benzene rings is 2. The second-order valence-corrected chi connectivity index (χ2v) is 6.46. The van der Waals surface area contributed by atoms with Gasteiger partial charge in [-0.3, -0.25) is 4.90 Å². The van der Waals surface area contributed by atoms with E-state index in [2.05, 4.69) is 72.5 Å². The molecule has 116 valence electrons. The van der Waals surface area contributed by atoms with Gasteiger partial charge in [-0.15, -0.1) is 0 Å². The van der Waals surface area contributed by atoms with E-state index >= 15 is 0 Å². The molecule has 2 heteroatoms. The van der Waals surface area contributed by atoms with E-state index in [4.69, 9.17) is 5.73 Å². The van der Waals surface area contributed by atoms with Gasteiger partial charge in [-0.25, -0.2) is 0 Å². The molecule has 2 N–H and O–H groups in total.